The molecule has 1 aliphatic heterocycles. The average molecular weight is 496 g/mol. The zero-order valence-electron chi connectivity index (χ0n) is 18.6. The van der Waals surface area contributed by atoms with Gasteiger partial charge in [0.15, 0.2) is 4.32 Å². The fourth-order valence-electron chi connectivity index (χ4n) is 3.36. The Balaban J connectivity index is 1.48. The highest BCUT2D eigenvalue weighted by Crippen LogP contribution is 2.38. The molecule has 34 heavy (non-hydrogen) atoms. The van der Waals surface area contributed by atoms with E-state index < -0.39 is 5.82 Å². The van der Waals surface area contributed by atoms with Gasteiger partial charge >= 0.3 is 0 Å². The first kappa shape index (κ1) is 23.8. The van der Waals surface area contributed by atoms with Gasteiger partial charge in [-0.1, -0.05) is 53.8 Å². The van der Waals surface area contributed by atoms with Crippen LogP contribution in [0.5, 0.6) is 17.2 Å². The molecule has 3 aromatic rings. The van der Waals surface area contributed by atoms with Crippen LogP contribution in [0, 0.1) is 12.7 Å². The summed E-state index contributed by atoms with van der Waals surface area (Å²) in [5, 5.41) is 0. The lowest BCUT2D eigenvalue weighted by atomic mass is 10.1. The minimum absolute atomic E-state index is 0.142. The Morgan fingerprint density at radius 2 is 1.76 bits per heavy atom. The fraction of sp³-hybridized carbons (Fsp3) is 0.154. The molecule has 0 aromatic heterocycles. The molecule has 0 saturated carbocycles. The van der Waals surface area contributed by atoms with Gasteiger partial charge in [-0.2, -0.15) is 0 Å². The van der Waals surface area contributed by atoms with Crippen LogP contribution in [0.1, 0.15) is 11.1 Å². The van der Waals surface area contributed by atoms with Crippen LogP contribution in [0.15, 0.2) is 71.6 Å². The van der Waals surface area contributed by atoms with Crippen molar-refractivity contribution in [2.24, 2.45) is 0 Å². The molecule has 0 bridgehead atoms. The summed E-state index contributed by atoms with van der Waals surface area (Å²) in [6.07, 6.45) is 1.73. The number of para-hydroxylation sites is 1. The predicted octanol–water partition coefficient (Wildman–Crippen LogP) is 6.01. The smallest absolute Gasteiger partial charge is 0.270 e. The number of carbonyl (C=O) groups excluding carboxylic acids is 1. The van der Waals surface area contributed by atoms with Gasteiger partial charge in [-0.15, -0.1) is 0 Å². The van der Waals surface area contributed by atoms with Crippen molar-refractivity contribution < 1.29 is 23.4 Å². The Morgan fingerprint density at radius 3 is 2.56 bits per heavy atom. The van der Waals surface area contributed by atoms with E-state index in [1.165, 1.54) is 17.0 Å². The average Bonchev–Trinajstić information content (AvgIpc) is 3.11. The second-order valence-corrected chi connectivity index (χ2v) is 9.06. The van der Waals surface area contributed by atoms with Crippen molar-refractivity contribution in [2.45, 2.75) is 6.92 Å². The van der Waals surface area contributed by atoms with Gasteiger partial charge in [0.25, 0.3) is 5.91 Å². The highest BCUT2D eigenvalue weighted by atomic mass is 32.2. The SMILES string of the molecule is COc1cccc(OCCOc2ccc(C)cc2/C=C2\SC(=S)N(c3ccccc3F)C2=O)c1. The number of benzene rings is 3. The normalized spacial score (nSPS) is 14.6. The summed E-state index contributed by atoms with van der Waals surface area (Å²) in [4.78, 5) is 14.7. The van der Waals surface area contributed by atoms with Crippen molar-refractivity contribution in [3.63, 3.8) is 0 Å². The lowest BCUT2D eigenvalue weighted by Gasteiger charge is -2.15. The Bertz CT molecular complexity index is 1260. The topological polar surface area (TPSA) is 48.0 Å². The monoisotopic (exact) mass is 495 g/mol. The summed E-state index contributed by atoms with van der Waals surface area (Å²) in [6.45, 7) is 2.59. The third-order valence-electron chi connectivity index (χ3n) is 4.99. The van der Waals surface area contributed by atoms with Gasteiger partial charge in [-0.25, -0.2) is 4.39 Å². The van der Waals surface area contributed by atoms with Crippen LogP contribution in [0.3, 0.4) is 0 Å². The van der Waals surface area contributed by atoms with Gasteiger partial charge in [0, 0.05) is 11.6 Å². The summed E-state index contributed by atoms with van der Waals surface area (Å²) in [5.41, 5.74) is 1.88. The van der Waals surface area contributed by atoms with Crippen LogP contribution >= 0.6 is 24.0 Å². The third kappa shape index (κ3) is 5.40. The molecule has 5 nitrogen and oxygen atoms in total. The summed E-state index contributed by atoms with van der Waals surface area (Å²) in [5.74, 6) is 1.14. The van der Waals surface area contributed by atoms with E-state index in [1.807, 2.05) is 43.3 Å². The van der Waals surface area contributed by atoms with E-state index in [2.05, 4.69) is 0 Å². The van der Waals surface area contributed by atoms with Crippen LogP contribution < -0.4 is 19.1 Å². The number of methoxy groups -OCH3 is 1. The van der Waals surface area contributed by atoms with E-state index in [1.54, 1.807) is 31.4 Å². The zero-order valence-corrected chi connectivity index (χ0v) is 20.3. The highest BCUT2D eigenvalue weighted by Gasteiger charge is 2.34. The maximum atomic E-state index is 14.3. The highest BCUT2D eigenvalue weighted by molar-refractivity contribution is 8.27. The molecule has 1 aliphatic rings. The Morgan fingerprint density at radius 1 is 1.00 bits per heavy atom. The van der Waals surface area contributed by atoms with Crippen molar-refractivity contribution >= 4 is 46.0 Å². The number of hydrogen-bond acceptors (Lipinski definition) is 6. The number of rotatable bonds is 8. The molecule has 8 heteroatoms. The maximum absolute atomic E-state index is 14.3. The summed E-state index contributed by atoms with van der Waals surface area (Å²) < 4.78 is 31.4. The number of hydrogen-bond donors (Lipinski definition) is 0. The molecule has 0 unspecified atom stereocenters. The third-order valence-corrected chi connectivity index (χ3v) is 6.29. The molecule has 0 radical (unpaired) electrons. The van der Waals surface area contributed by atoms with Gasteiger partial charge in [0.05, 0.1) is 17.7 Å². The molecule has 1 heterocycles. The molecule has 3 aromatic carbocycles. The molecule has 4 rings (SSSR count). The number of aryl methyl sites for hydroxylation is 1. The number of halogens is 1. The van der Waals surface area contributed by atoms with Crippen molar-refractivity contribution in [3.8, 4) is 17.2 Å². The van der Waals surface area contributed by atoms with Crippen molar-refractivity contribution in [1.29, 1.82) is 0 Å². The van der Waals surface area contributed by atoms with Gasteiger partial charge in [0.1, 0.15) is 36.3 Å². The lowest BCUT2D eigenvalue weighted by Crippen LogP contribution is -2.28. The Kier molecular flexibility index (Phi) is 7.49. The molecule has 0 N–H and O–H groups in total. The molecule has 1 saturated heterocycles. The fourth-order valence-corrected chi connectivity index (χ4v) is 4.64. The number of thioether (sulfide) groups is 1. The van der Waals surface area contributed by atoms with Crippen LogP contribution in [0.4, 0.5) is 10.1 Å². The van der Waals surface area contributed by atoms with Gasteiger partial charge in [0.2, 0.25) is 0 Å². The van der Waals surface area contributed by atoms with E-state index >= 15 is 0 Å². The standard InChI is InChI=1S/C26H22FNO4S2/c1-17-10-11-23(32-13-12-31-20-7-5-6-19(16-20)30-2)18(14-17)15-24-25(29)28(26(33)34-24)22-9-4-3-8-21(22)27/h3-11,14-16H,12-13H2,1-2H3/b24-15-. The van der Waals surface area contributed by atoms with Crippen molar-refractivity contribution in [3.05, 3.63) is 88.6 Å². The summed E-state index contributed by atoms with van der Waals surface area (Å²) >= 11 is 6.50. The zero-order chi connectivity index (χ0) is 24.1. The number of anilines is 1. The van der Waals surface area contributed by atoms with Crippen LogP contribution in [0.2, 0.25) is 0 Å². The lowest BCUT2D eigenvalue weighted by molar-refractivity contribution is -0.113. The van der Waals surface area contributed by atoms with E-state index in [0.717, 1.165) is 22.9 Å². The Labute approximate surface area is 207 Å². The van der Waals surface area contributed by atoms with Crippen molar-refractivity contribution in [2.75, 3.05) is 25.2 Å². The van der Waals surface area contributed by atoms with E-state index in [4.69, 9.17) is 26.4 Å². The second kappa shape index (κ2) is 10.7. The first-order chi connectivity index (χ1) is 16.5. The van der Waals surface area contributed by atoms with Gasteiger partial charge in [-0.05, 0) is 49.4 Å². The largest absolute Gasteiger partial charge is 0.497 e. The van der Waals surface area contributed by atoms with E-state index in [-0.39, 0.29) is 15.9 Å². The van der Waals surface area contributed by atoms with Gasteiger partial charge < -0.3 is 14.2 Å². The molecular weight excluding hydrogens is 473 g/mol. The van der Waals surface area contributed by atoms with Crippen LogP contribution in [-0.4, -0.2) is 30.6 Å². The summed E-state index contributed by atoms with van der Waals surface area (Å²) in [6, 6.07) is 19.1. The Hall–Kier alpha value is -3.36. The molecule has 0 aliphatic carbocycles. The number of carbonyl (C=O) groups is 1. The number of nitrogens with zero attached hydrogens (tertiary/aromatic N) is 1. The minimum atomic E-state index is -0.504. The molecule has 0 spiro atoms. The van der Waals surface area contributed by atoms with Crippen LogP contribution in [0.25, 0.3) is 6.08 Å². The number of amides is 1. The van der Waals surface area contributed by atoms with Gasteiger partial charge in [-0.3, -0.25) is 9.69 Å². The number of ether oxygens (including phenoxy) is 3. The number of thiocarbonyl (C=S) groups is 1. The first-order valence-electron chi connectivity index (χ1n) is 10.5. The van der Waals surface area contributed by atoms with Crippen LogP contribution in [-0.2, 0) is 4.79 Å². The maximum Gasteiger partial charge on any atom is 0.270 e. The van der Waals surface area contributed by atoms with Crippen molar-refractivity contribution in [1.82, 2.24) is 0 Å². The predicted molar refractivity (Wildman–Crippen MR) is 137 cm³/mol. The quantitative estimate of drug-likeness (QED) is 0.217. The van der Waals surface area contributed by atoms with E-state index in [0.29, 0.717) is 35.4 Å². The molecule has 174 valence electrons. The minimum Gasteiger partial charge on any atom is -0.497 e. The summed E-state index contributed by atoms with van der Waals surface area (Å²) in [7, 11) is 1.60. The molecule has 0 atom stereocenters. The second-order valence-electron chi connectivity index (χ2n) is 7.39. The first-order valence-corrected chi connectivity index (χ1v) is 11.7. The molecular formula is C26H22FNO4S2. The van der Waals surface area contributed by atoms with E-state index in [9.17, 15) is 9.18 Å². The molecule has 1 fully saturated rings. The molecule has 1 amide bonds.